The lowest BCUT2D eigenvalue weighted by Crippen LogP contribution is -2.29. The molecular weight excluding hydrogens is 162 g/mol. The summed E-state index contributed by atoms with van der Waals surface area (Å²) in [7, 11) is 0. The Balaban J connectivity index is 2.84. The highest BCUT2D eigenvalue weighted by Crippen LogP contribution is 2.21. The molecule has 0 aliphatic rings. The van der Waals surface area contributed by atoms with E-state index in [9.17, 15) is 0 Å². The zero-order chi connectivity index (χ0) is 9.68. The van der Waals surface area contributed by atoms with Crippen LogP contribution in [0.2, 0.25) is 0 Å². The summed E-state index contributed by atoms with van der Waals surface area (Å²) < 4.78 is 0. The molecular formula is C10H17N3. The molecule has 0 fully saturated rings. The second-order valence-electron chi connectivity index (χ2n) is 2.93. The zero-order valence-electron chi connectivity index (χ0n) is 8.03. The van der Waals surface area contributed by atoms with Crippen molar-refractivity contribution in [2.75, 3.05) is 30.3 Å². The summed E-state index contributed by atoms with van der Waals surface area (Å²) in [5, 5.41) is 0. The van der Waals surface area contributed by atoms with Gasteiger partial charge in [-0.1, -0.05) is 12.1 Å². The molecule has 0 aliphatic heterocycles. The van der Waals surface area contributed by atoms with Gasteiger partial charge in [0.15, 0.2) is 0 Å². The third-order valence-corrected chi connectivity index (χ3v) is 2.06. The molecule has 0 heterocycles. The van der Waals surface area contributed by atoms with Gasteiger partial charge in [-0.3, -0.25) is 0 Å². The molecule has 0 amide bonds. The first-order chi connectivity index (χ1) is 6.29. The lowest BCUT2D eigenvalue weighted by Gasteiger charge is -2.23. The summed E-state index contributed by atoms with van der Waals surface area (Å²) in [5.41, 5.74) is 13.3. The van der Waals surface area contributed by atoms with Gasteiger partial charge >= 0.3 is 0 Å². The first-order valence-electron chi connectivity index (χ1n) is 4.59. The van der Waals surface area contributed by atoms with Gasteiger partial charge in [0.05, 0.1) is 11.4 Å². The minimum absolute atomic E-state index is 0.655. The van der Waals surface area contributed by atoms with Crippen LogP contribution in [0.3, 0.4) is 0 Å². The first-order valence-corrected chi connectivity index (χ1v) is 4.59. The van der Waals surface area contributed by atoms with Gasteiger partial charge in [0.2, 0.25) is 0 Å². The summed E-state index contributed by atoms with van der Waals surface area (Å²) in [6, 6.07) is 7.86. The number of rotatable bonds is 4. The van der Waals surface area contributed by atoms with Crippen molar-refractivity contribution < 1.29 is 0 Å². The minimum atomic E-state index is 0.655. The average Bonchev–Trinajstić information content (AvgIpc) is 2.16. The molecule has 0 saturated heterocycles. The number of hydrogen-bond donors (Lipinski definition) is 2. The van der Waals surface area contributed by atoms with Gasteiger partial charge in [-0.25, -0.2) is 0 Å². The van der Waals surface area contributed by atoms with Crippen molar-refractivity contribution in [2.24, 2.45) is 5.73 Å². The highest BCUT2D eigenvalue weighted by Gasteiger charge is 2.04. The molecule has 1 aromatic carbocycles. The van der Waals surface area contributed by atoms with Gasteiger partial charge in [-0.05, 0) is 19.1 Å². The SMILES string of the molecule is CCN(CCN)c1ccccc1N. The number of nitrogen functional groups attached to an aromatic ring is 1. The monoisotopic (exact) mass is 179 g/mol. The van der Waals surface area contributed by atoms with E-state index in [0.29, 0.717) is 6.54 Å². The number of para-hydroxylation sites is 2. The lowest BCUT2D eigenvalue weighted by atomic mass is 10.2. The molecule has 0 unspecified atom stereocenters. The van der Waals surface area contributed by atoms with Crippen LogP contribution in [0, 0.1) is 0 Å². The normalized spacial score (nSPS) is 10.0. The maximum atomic E-state index is 5.84. The quantitative estimate of drug-likeness (QED) is 0.679. The Labute approximate surface area is 79.3 Å². The van der Waals surface area contributed by atoms with E-state index in [1.165, 1.54) is 0 Å². The van der Waals surface area contributed by atoms with Gasteiger partial charge in [-0.15, -0.1) is 0 Å². The van der Waals surface area contributed by atoms with E-state index in [1.54, 1.807) is 0 Å². The van der Waals surface area contributed by atoms with E-state index in [1.807, 2.05) is 24.3 Å². The van der Waals surface area contributed by atoms with Crippen LogP contribution in [0.25, 0.3) is 0 Å². The summed E-state index contributed by atoms with van der Waals surface area (Å²) in [5.74, 6) is 0. The highest BCUT2D eigenvalue weighted by atomic mass is 15.1. The Kier molecular flexibility index (Phi) is 3.58. The van der Waals surface area contributed by atoms with Crippen molar-refractivity contribution in [1.29, 1.82) is 0 Å². The van der Waals surface area contributed by atoms with E-state index in [0.717, 1.165) is 24.5 Å². The van der Waals surface area contributed by atoms with Gasteiger partial charge in [-0.2, -0.15) is 0 Å². The largest absolute Gasteiger partial charge is 0.397 e. The van der Waals surface area contributed by atoms with E-state index in [4.69, 9.17) is 11.5 Å². The summed E-state index contributed by atoms with van der Waals surface area (Å²) >= 11 is 0. The van der Waals surface area contributed by atoms with Crippen molar-refractivity contribution in [3.05, 3.63) is 24.3 Å². The van der Waals surface area contributed by atoms with Crippen LogP contribution in [0.1, 0.15) is 6.92 Å². The van der Waals surface area contributed by atoms with Crippen LogP contribution in [0.5, 0.6) is 0 Å². The standard InChI is InChI=1S/C10H17N3/c1-2-13(8-7-11)10-6-4-3-5-9(10)12/h3-6H,2,7-8,11-12H2,1H3. The second kappa shape index (κ2) is 4.72. The molecule has 3 heteroatoms. The molecule has 0 aliphatic carbocycles. The van der Waals surface area contributed by atoms with Gasteiger partial charge in [0.1, 0.15) is 0 Å². The minimum Gasteiger partial charge on any atom is -0.397 e. The van der Waals surface area contributed by atoms with Crippen molar-refractivity contribution in [1.82, 2.24) is 0 Å². The smallest absolute Gasteiger partial charge is 0.0600 e. The van der Waals surface area contributed by atoms with Gasteiger partial charge in [0.25, 0.3) is 0 Å². The molecule has 0 bridgehead atoms. The average molecular weight is 179 g/mol. The van der Waals surface area contributed by atoms with E-state index >= 15 is 0 Å². The molecule has 4 N–H and O–H groups in total. The summed E-state index contributed by atoms with van der Waals surface area (Å²) in [6.07, 6.45) is 0. The number of anilines is 2. The number of benzene rings is 1. The fourth-order valence-corrected chi connectivity index (χ4v) is 1.38. The fraction of sp³-hybridized carbons (Fsp3) is 0.400. The highest BCUT2D eigenvalue weighted by molar-refractivity contribution is 5.67. The molecule has 72 valence electrons. The Morgan fingerprint density at radius 3 is 2.54 bits per heavy atom. The third kappa shape index (κ3) is 2.36. The van der Waals surface area contributed by atoms with Crippen LogP contribution >= 0.6 is 0 Å². The molecule has 1 aromatic rings. The predicted molar refractivity (Wildman–Crippen MR) is 57.8 cm³/mol. The summed E-state index contributed by atoms with van der Waals surface area (Å²) in [6.45, 7) is 4.54. The number of likely N-dealkylation sites (N-methyl/N-ethyl adjacent to an activating group) is 1. The first kappa shape index (κ1) is 9.86. The number of nitrogens with zero attached hydrogens (tertiary/aromatic N) is 1. The van der Waals surface area contributed by atoms with E-state index in [-0.39, 0.29) is 0 Å². The van der Waals surface area contributed by atoms with Crippen LogP contribution in [-0.2, 0) is 0 Å². The van der Waals surface area contributed by atoms with Crippen LogP contribution in [0.4, 0.5) is 11.4 Å². The van der Waals surface area contributed by atoms with Crippen LogP contribution < -0.4 is 16.4 Å². The van der Waals surface area contributed by atoms with Crippen molar-refractivity contribution in [3.8, 4) is 0 Å². The van der Waals surface area contributed by atoms with Gasteiger partial charge in [0, 0.05) is 19.6 Å². The van der Waals surface area contributed by atoms with Gasteiger partial charge < -0.3 is 16.4 Å². The predicted octanol–water partition coefficient (Wildman–Crippen LogP) is 1.05. The maximum Gasteiger partial charge on any atom is 0.0600 e. The molecule has 13 heavy (non-hydrogen) atoms. The maximum absolute atomic E-state index is 5.84. The van der Waals surface area contributed by atoms with Crippen molar-refractivity contribution in [2.45, 2.75) is 6.92 Å². The second-order valence-corrected chi connectivity index (χ2v) is 2.93. The molecule has 0 radical (unpaired) electrons. The third-order valence-electron chi connectivity index (χ3n) is 2.06. The van der Waals surface area contributed by atoms with E-state index < -0.39 is 0 Å². The van der Waals surface area contributed by atoms with Crippen LogP contribution in [-0.4, -0.2) is 19.6 Å². The molecule has 3 nitrogen and oxygen atoms in total. The zero-order valence-corrected chi connectivity index (χ0v) is 8.03. The number of nitrogens with two attached hydrogens (primary N) is 2. The topological polar surface area (TPSA) is 55.3 Å². The Morgan fingerprint density at radius 2 is 2.00 bits per heavy atom. The molecule has 0 aromatic heterocycles. The lowest BCUT2D eigenvalue weighted by molar-refractivity contribution is 0.818. The fourth-order valence-electron chi connectivity index (χ4n) is 1.38. The Hall–Kier alpha value is -1.22. The van der Waals surface area contributed by atoms with Crippen molar-refractivity contribution in [3.63, 3.8) is 0 Å². The van der Waals surface area contributed by atoms with E-state index in [2.05, 4.69) is 11.8 Å². The Morgan fingerprint density at radius 1 is 1.31 bits per heavy atom. The van der Waals surface area contributed by atoms with Crippen LogP contribution in [0.15, 0.2) is 24.3 Å². The molecule has 0 atom stereocenters. The molecule has 0 saturated carbocycles. The molecule has 0 spiro atoms. The Bertz CT molecular complexity index is 260. The molecule has 1 rings (SSSR count). The number of hydrogen-bond acceptors (Lipinski definition) is 3. The summed E-state index contributed by atoms with van der Waals surface area (Å²) in [4.78, 5) is 2.18. The van der Waals surface area contributed by atoms with Crippen molar-refractivity contribution >= 4 is 11.4 Å².